The maximum Gasteiger partial charge on any atom is 0.181 e. The van der Waals surface area contributed by atoms with Gasteiger partial charge in [-0.25, -0.2) is 4.39 Å². The SMILES string of the molecule is O=C1c2c(ccc3ccccc23)OC2C=CC=C(F)C12. The number of ether oxygens (including phenoxy) is 1. The van der Waals surface area contributed by atoms with Crippen LogP contribution in [0.3, 0.4) is 0 Å². The molecule has 0 radical (unpaired) electrons. The van der Waals surface area contributed by atoms with Crippen molar-refractivity contribution in [1.29, 1.82) is 0 Å². The quantitative estimate of drug-likeness (QED) is 0.724. The van der Waals surface area contributed by atoms with Gasteiger partial charge in [0, 0.05) is 0 Å². The van der Waals surface area contributed by atoms with Crippen LogP contribution in [-0.2, 0) is 0 Å². The van der Waals surface area contributed by atoms with E-state index >= 15 is 0 Å². The van der Waals surface area contributed by atoms with Crippen LogP contribution < -0.4 is 4.74 Å². The molecular formula is C17H11FO2. The van der Waals surface area contributed by atoms with Crippen molar-refractivity contribution in [2.24, 2.45) is 5.92 Å². The largest absolute Gasteiger partial charge is 0.484 e. The summed E-state index contributed by atoms with van der Waals surface area (Å²) in [6.07, 6.45) is 4.11. The van der Waals surface area contributed by atoms with Gasteiger partial charge in [-0.2, -0.15) is 0 Å². The van der Waals surface area contributed by atoms with E-state index in [-0.39, 0.29) is 5.78 Å². The molecule has 2 aromatic carbocycles. The van der Waals surface area contributed by atoms with Crippen LogP contribution in [0.5, 0.6) is 5.75 Å². The molecule has 2 aromatic rings. The normalized spacial score (nSPS) is 23.9. The van der Waals surface area contributed by atoms with Crippen molar-refractivity contribution in [2.45, 2.75) is 6.10 Å². The molecule has 0 amide bonds. The van der Waals surface area contributed by atoms with E-state index in [4.69, 9.17) is 4.74 Å². The Morgan fingerprint density at radius 1 is 1.10 bits per heavy atom. The van der Waals surface area contributed by atoms with E-state index in [0.29, 0.717) is 11.3 Å². The average molecular weight is 266 g/mol. The molecule has 1 aliphatic heterocycles. The molecule has 2 nitrogen and oxygen atoms in total. The molecule has 0 saturated heterocycles. The fraction of sp³-hybridized carbons (Fsp3) is 0.118. The predicted molar refractivity (Wildman–Crippen MR) is 74.5 cm³/mol. The molecule has 0 bridgehead atoms. The van der Waals surface area contributed by atoms with Crippen molar-refractivity contribution in [2.75, 3.05) is 0 Å². The zero-order valence-corrected chi connectivity index (χ0v) is 10.5. The van der Waals surface area contributed by atoms with Gasteiger partial charge in [-0.15, -0.1) is 0 Å². The monoisotopic (exact) mass is 266 g/mol. The maximum absolute atomic E-state index is 14.0. The van der Waals surface area contributed by atoms with Gasteiger partial charge >= 0.3 is 0 Å². The summed E-state index contributed by atoms with van der Waals surface area (Å²) in [5.41, 5.74) is 0.489. The van der Waals surface area contributed by atoms with Gasteiger partial charge in [0.2, 0.25) is 0 Å². The van der Waals surface area contributed by atoms with Crippen LogP contribution in [0, 0.1) is 5.92 Å². The van der Waals surface area contributed by atoms with E-state index < -0.39 is 17.8 Å². The first-order valence-corrected chi connectivity index (χ1v) is 6.52. The number of benzene rings is 2. The highest BCUT2D eigenvalue weighted by atomic mass is 19.1. The molecule has 2 aliphatic rings. The van der Waals surface area contributed by atoms with Crippen molar-refractivity contribution < 1.29 is 13.9 Å². The summed E-state index contributed by atoms with van der Waals surface area (Å²) in [7, 11) is 0. The Labute approximate surface area is 115 Å². The Kier molecular flexibility index (Phi) is 2.30. The Balaban J connectivity index is 1.98. The van der Waals surface area contributed by atoms with Gasteiger partial charge in [0.15, 0.2) is 5.78 Å². The molecule has 2 atom stereocenters. The Hall–Kier alpha value is -2.42. The third kappa shape index (κ3) is 1.46. The number of carbonyl (C=O) groups excluding carboxylic acids is 1. The first kappa shape index (κ1) is 11.4. The van der Waals surface area contributed by atoms with E-state index in [9.17, 15) is 9.18 Å². The molecule has 1 aliphatic carbocycles. The molecule has 98 valence electrons. The van der Waals surface area contributed by atoms with Gasteiger partial charge in [0.1, 0.15) is 23.6 Å². The minimum atomic E-state index is -0.849. The smallest absolute Gasteiger partial charge is 0.181 e. The lowest BCUT2D eigenvalue weighted by Crippen LogP contribution is -2.38. The second-order valence-electron chi connectivity index (χ2n) is 5.02. The summed E-state index contributed by atoms with van der Waals surface area (Å²) in [4.78, 5) is 12.7. The van der Waals surface area contributed by atoms with E-state index in [2.05, 4.69) is 0 Å². The van der Waals surface area contributed by atoms with Crippen molar-refractivity contribution in [1.82, 2.24) is 0 Å². The second-order valence-corrected chi connectivity index (χ2v) is 5.02. The van der Waals surface area contributed by atoms with E-state index in [1.54, 1.807) is 18.2 Å². The molecule has 20 heavy (non-hydrogen) atoms. The number of fused-ring (bicyclic) bond motifs is 4. The topological polar surface area (TPSA) is 26.3 Å². The van der Waals surface area contributed by atoms with Gasteiger partial charge in [-0.05, 0) is 29.0 Å². The van der Waals surface area contributed by atoms with Crippen LogP contribution in [0.2, 0.25) is 0 Å². The van der Waals surface area contributed by atoms with Crippen LogP contribution in [0.4, 0.5) is 4.39 Å². The summed E-state index contributed by atoms with van der Waals surface area (Å²) in [6.45, 7) is 0. The van der Waals surface area contributed by atoms with Crippen LogP contribution in [0.1, 0.15) is 10.4 Å². The zero-order valence-electron chi connectivity index (χ0n) is 10.5. The average Bonchev–Trinajstić information content (AvgIpc) is 2.47. The van der Waals surface area contributed by atoms with Crippen molar-refractivity contribution in [3.05, 3.63) is 66.0 Å². The highest BCUT2D eigenvalue weighted by Gasteiger charge is 2.40. The van der Waals surface area contributed by atoms with Crippen LogP contribution in [0.15, 0.2) is 60.5 Å². The van der Waals surface area contributed by atoms with Gasteiger partial charge < -0.3 is 4.74 Å². The van der Waals surface area contributed by atoms with Crippen LogP contribution in [-0.4, -0.2) is 11.9 Å². The summed E-state index contributed by atoms with van der Waals surface area (Å²) in [5.74, 6) is -0.945. The molecular weight excluding hydrogens is 255 g/mol. The van der Waals surface area contributed by atoms with Crippen molar-refractivity contribution in [3.8, 4) is 5.75 Å². The van der Waals surface area contributed by atoms with Crippen molar-refractivity contribution >= 4 is 16.6 Å². The number of rotatable bonds is 0. The van der Waals surface area contributed by atoms with Gasteiger partial charge in [0.25, 0.3) is 0 Å². The molecule has 0 fully saturated rings. The molecule has 0 spiro atoms. The Bertz CT molecular complexity index is 789. The summed E-state index contributed by atoms with van der Waals surface area (Å²) >= 11 is 0. The Morgan fingerprint density at radius 3 is 2.85 bits per heavy atom. The predicted octanol–water partition coefficient (Wildman–Crippen LogP) is 3.82. The Morgan fingerprint density at radius 2 is 1.95 bits per heavy atom. The summed E-state index contributed by atoms with van der Waals surface area (Å²) < 4.78 is 19.8. The first-order valence-electron chi connectivity index (χ1n) is 6.52. The number of allylic oxidation sites excluding steroid dienone is 2. The molecule has 0 aromatic heterocycles. The maximum atomic E-state index is 14.0. The lowest BCUT2D eigenvalue weighted by atomic mass is 9.84. The van der Waals surface area contributed by atoms with E-state index in [1.807, 2.05) is 30.3 Å². The molecule has 3 heteroatoms. The lowest BCUT2D eigenvalue weighted by molar-refractivity contribution is 0.0766. The van der Waals surface area contributed by atoms with Crippen molar-refractivity contribution in [3.63, 3.8) is 0 Å². The third-order valence-corrected chi connectivity index (χ3v) is 3.86. The molecule has 2 unspecified atom stereocenters. The fourth-order valence-electron chi connectivity index (χ4n) is 2.92. The number of halogens is 1. The van der Waals surface area contributed by atoms with Gasteiger partial charge in [-0.3, -0.25) is 4.79 Å². The van der Waals surface area contributed by atoms with Gasteiger partial charge in [-0.1, -0.05) is 36.4 Å². The standard InChI is InChI=1S/C17H11FO2/c18-12-6-3-7-13-16(12)17(19)15-11-5-2-1-4-10(11)8-9-14(15)20-13/h1-9,13,16H. The lowest BCUT2D eigenvalue weighted by Gasteiger charge is -2.32. The number of hydrogen-bond acceptors (Lipinski definition) is 2. The molecule has 1 heterocycles. The van der Waals surface area contributed by atoms with Crippen LogP contribution >= 0.6 is 0 Å². The zero-order chi connectivity index (χ0) is 13.7. The highest BCUT2D eigenvalue weighted by Crippen LogP contribution is 2.40. The minimum Gasteiger partial charge on any atom is -0.484 e. The van der Waals surface area contributed by atoms with Gasteiger partial charge in [0.05, 0.1) is 5.56 Å². The molecule has 0 N–H and O–H groups in total. The van der Waals surface area contributed by atoms with E-state index in [1.165, 1.54) is 6.08 Å². The highest BCUT2D eigenvalue weighted by molar-refractivity contribution is 6.13. The second kappa shape index (κ2) is 4.04. The van der Waals surface area contributed by atoms with Crippen LogP contribution in [0.25, 0.3) is 10.8 Å². The number of hydrogen-bond donors (Lipinski definition) is 0. The summed E-state index contributed by atoms with van der Waals surface area (Å²) in [5, 5.41) is 1.77. The van der Waals surface area contributed by atoms with E-state index in [0.717, 1.165) is 10.8 Å². The first-order chi connectivity index (χ1) is 9.75. The number of ketones is 1. The molecule has 0 saturated carbocycles. The fourth-order valence-corrected chi connectivity index (χ4v) is 2.92. The minimum absolute atomic E-state index is 0.203. The third-order valence-electron chi connectivity index (χ3n) is 3.86. The summed E-state index contributed by atoms with van der Waals surface area (Å²) in [6, 6.07) is 11.3. The number of carbonyl (C=O) groups is 1. The number of Topliss-reactive ketones (excluding diaryl/α,β-unsaturated/α-hetero) is 1. The molecule has 4 rings (SSSR count).